The highest BCUT2D eigenvalue weighted by atomic mass is 16.3. The molecule has 0 fully saturated rings. The second kappa shape index (κ2) is 6.23. The van der Waals surface area contributed by atoms with Crippen LogP contribution in [-0.4, -0.2) is 11.1 Å². The Kier molecular flexibility index (Phi) is 4.89. The number of nitrogens with two attached hydrogens (primary N) is 1. The second-order valence-electron chi connectivity index (χ2n) is 3.50. The van der Waals surface area contributed by atoms with E-state index in [0.29, 0.717) is 0 Å². The molecular formula is C13H17NO. The van der Waals surface area contributed by atoms with E-state index in [1.165, 1.54) is 0 Å². The Morgan fingerprint density at radius 3 is 2.53 bits per heavy atom. The van der Waals surface area contributed by atoms with E-state index in [2.05, 4.69) is 18.8 Å². The lowest BCUT2D eigenvalue weighted by atomic mass is 10.1. The van der Waals surface area contributed by atoms with Crippen LogP contribution in [0.15, 0.2) is 30.3 Å². The van der Waals surface area contributed by atoms with Crippen molar-refractivity contribution in [2.24, 2.45) is 5.73 Å². The summed E-state index contributed by atoms with van der Waals surface area (Å²) in [6.45, 7) is 2.06. The van der Waals surface area contributed by atoms with Crippen molar-refractivity contribution in [1.82, 2.24) is 0 Å². The molecule has 2 atom stereocenters. The van der Waals surface area contributed by atoms with Crippen molar-refractivity contribution < 1.29 is 5.11 Å². The average molecular weight is 203 g/mol. The summed E-state index contributed by atoms with van der Waals surface area (Å²) >= 11 is 0. The molecule has 0 spiro atoms. The number of benzene rings is 1. The molecule has 15 heavy (non-hydrogen) atoms. The maximum absolute atomic E-state index is 9.71. The molecule has 2 heteroatoms. The molecule has 0 aliphatic heterocycles. The zero-order valence-corrected chi connectivity index (χ0v) is 8.98. The van der Waals surface area contributed by atoms with Gasteiger partial charge in [-0.2, -0.15) is 0 Å². The predicted octanol–water partition coefficient (Wildman–Crippen LogP) is 1.85. The van der Waals surface area contributed by atoms with Crippen molar-refractivity contribution in [2.75, 3.05) is 0 Å². The molecule has 0 aromatic heterocycles. The standard InChI is InChI=1S/C13H17NO/c1-2-6-12(14)9-10-13(15)11-7-4-3-5-8-11/h3-5,7-8,12-13,15H,2,6,14H2,1H3. The van der Waals surface area contributed by atoms with E-state index >= 15 is 0 Å². The Bertz CT molecular complexity index is 337. The fourth-order valence-corrected chi connectivity index (χ4v) is 1.29. The molecule has 0 amide bonds. The van der Waals surface area contributed by atoms with Crippen LogP contribution < -0.4 is 5.73 Å². The first-order valence-corrected chi connectivity index (χ1v) is 5.23. The molecule has 1 rings (SSSR count). The lowest BCUT2D eigenvalue weighted by Gasteiger charge is -2.04. The van der Waals surface area contributed by atoms with Gasteiger partial charge >= 0.3 is 0 Å². The first-order valence-electron chi connectivity index (χ1n) is 5.23. The summed E-state index contributed by atoms with van der Waals surface area (Å²) in [5.74, 6) is 5.62. The van der Waals surface area contributed by atoms with Gasteiger partial charge in [0.05, 0.1) is 6.04 Å². The average Bonchev–Trinajstić information content (AvgIpc) is 2.27. The van der Waals surface area contributed by atoms with E-state index in [4.69, 9.17) is 5.73 Å². The summed E-state index contributed by atoms with van der Waals surface area (Å²) in [5, 5.41) is 9.71. The van der Waals surface area contributed by atoms with Crippen molar-refractivity contribution >= 4 is 0 Å². The third-order valence-corrected chi connectivity index (χ3v) is 2.12. The van der Waals surface area contributed by atoms with Crippen molar-refractivity contribution in [3.8, 4) is 11.8 Å². The highest BCUT2D eigenvalue weighted by Gasteiger charge is 2.02. The minimum absolute atomic E-state index is 0.131. The largest absolute Gasteiger partial charge is 0.376 e. The predicted molar refractivity (Wildman–Crippen MR) is 62.1 cm³/mol. The molecule has 0 aliphatic rings. The Balaban J connectivity index is 2.59. The molecular weight excluding hydrogens is 186 g/mol. The van der Waals surface area contributed by atoms with Crippen molar-refractivity contribution in [2.45, 2.75) is 31.9 Å². The number of hydrogen-bond acceptors (Lipinski definition) is 2. The normalized spacial score (nSPS) is 13.8. The van der Waals surface area contributed by atoms with Crippen LogP contribution in [0.2, 0.25) is 0 Å². The third-order valence-electron chi connectivity index (χ3n) is 2.12. The Labute approximate surface area is 91.1 Å². The second-order valence-corrected chi connectivity index (χ2v) is 3.50. The van der Waals surface area contributed by atoms with Crippen LogP contribution in [0.5, 0.6) is 0 Å². The van der Waals surface area contributed by atoms with Crippen LogP contribution in [0.25, 0.3) is 0 Å². The molecule has 0 saturated carbocycles. The number of aliphatic hydroxyl groups excluding tert-OH is 1. The fraction of sp³-hybridized carbons (Fsp3) is 0.385. The summed E-state index contributed by atoms with van der Waals surface area (Å²) in [7, 11) is 0. The minimum atomic E-state index is -0.728. The molecule has 0 heterocycles. The lowest BCUT2D eigenvalue weighted by molar-refractivity contribution is 0.238. The van der Waals surface area contributed by atoms with Gasteiger partial charge in [0.1, 0.15) is 6.10 Å². The Hall–Kier alpha value is -1.30. The van der Waals surface area contributed by atoms with Gasteiger partial charge in [-0.05, 0) is 12.0 Å². The smallest absolute Gasteiger partial charge is 0.140 e. The minimum Gasteiger partial charge on any atom is -0.376 e. The molecule has 0 aliphatic carbocycles. The van der Waals surface area contributed by atoms with E-state index in [-0.39, 0.29) is 6.04 Å². The highest BCUT2D eigenvalue weighted by molar-refractivity contribution is 5.25. The van der Waals surface area contributed by atoms with Gasteiger partial charge in [-0.1, -0.05) is 55.5 Å². The first-order chi connectivity index (χ1) is 7.24. The van der Waals surface area contributed by atoms with Gasteiger partial charge in [0.2, 0.25) is 0 Å². The van der Waals surface area contributed by atoms with Crippen LogP contribution in [0.3, 0.4) is 0 Å². The zero-order chi connectivity index (χ0) is 11.1. The van der Waals surface area contributed by atoms with Crippen LogP contribution in [-0.2, 0) is 0 Å². The fourth-order valence-electron chi connectivity index (χ4n) is 1.29. The summed E-state index contributed by atoms with van der Waals surface area (Å²) in [6, 6.07) is 9.24. The molecule has 80 valence electrons. The lowest BCUT2D eigenvalue weighted by Crippen LogP contribution is -2.16. The SMILES string of the molecule is CCCC(N)C#CC(O)c1ccccc1. The van der Waals surface area contributed by atoms with Gasteiger partial charge in [0.15, 0.2) is 0 Å². The van der Waals surface area contributed by atoms with Crippen molar-refractivity contribution in [1.29, 1.82) is 0 Å². The molecule has 0 saturated heterocycles. The molecule has 2 nitrogen and oxygen atoms in total. The molecule has 3 N–H and O–H groups in total. The van der Waals surface area contributed by atoms with E-state index in [9.17, 15) is 5.11 Å². The number of aliphatic hydroxyl groups is 1. The third kappa shape index (κ3) is 4.16. The maximum atomic E-state index is 9.71. The van der Waals surface area contributed by atoms with Crippen LogP contribution in [0.1, 0.15) is 31.4 Å². The van der Waals surface area contributed by atoms with Gasteiger partial charge < -0.3 is 10.8 Å². The van der Waals surface area contributed by atoms with E-state index < -0.39 is 6.10 Å². The maximum Gasteiger partial charge on any atom is 0.140 e. The van der Waals surface area contributed by atoms with Crippen LogP contribution in [0, 0.1) is 11.8 Å². The molecule has 1 aromatic rings. The monoisotopic (exact) mass is 203 g/mol. The summed E-state index contributed by atoms with van der Waals surface area (Å²) in [5.41, 5.74) is 6.54. The summed E-state index contributed by atoms with van der Waals surface area (Å²) < 4.78 is 0. The topological polar surface area (TPSA) is 46.2 Å². The van der Waals surface area contributed by atoms with E-state index in [1.54, 1.807) is 0 Å². The van der Waals surface area contributed by atoms with Gasteiger partial charge in [-0.15, -0.1) is 0 Å². The van der Waals surface area contributed by atoms with Crippen molar-refractivity contribution in [3.63, 3.8) is 0 Å². The van der Waals surface area contributed by atoms with Gasteiger partial charge in [-0.3, -0.25) is 0 Å². The van der Waals surface area contributed by atoms with Crippen LogP contribution in [0.4, 0.5) is 0 Å². The number of hydrogen-bond donors (Lipinski definition) is 2. The molecule has 1 aromatic carbocycles. The summed E-state index contributed by atoms with van der Waals surface area (Å²) in [6.07, 6.45) is 1.15. The summed E-state index contributed by atoms with van der Waals surface area (Å²) in [4.78, 5) is 0. The van der Waals surface area contributed by atoms with Gasteiger partial charge in [0.25, 0.3) is 0 Å². The molecule has 2 unspecified atom stereocenters. The quantitative estimate of drug-likeness (QED) is 0.736. The highest BCUT2D eigenvalue weighted by Crippen LogP contribution is 2.10. The van der Waals surface area contributed by atoms with Crippen molar-refractivity contribution in [3.05, 3.63) is 35.9 Å². The Morgan fingerprint density at radius 2 is 1.93 bits per heavy atom. The number of rotatable bonds is 3. The molecule has 0 bridgehead atoms. The first kappa shape index (κ1) is 11.8. The zero-order valence-electron chi connectivity index (χ0n) is 8.98. The molecule has 0 radical (unpaired) electrons. The Morgan fingerprint density at radius 1 is 1.27 bits per heavy atom. The van der Waals surface area contributed by atoms with Gasteiger partial charge in [0, 0.05) is 0 Å². The van der Waals surface area contributed by atoms with E-state index in [1.807, 2.05) is 30.3 Å². The van der Waals surface area contributed by atoms with Crippen LogP contribution >= 0.6 is 0 Å². The van der Waals surface area contributed by atoms with Gasteiger partial charge in [-0.25, -0.2) is 0 Å². The van der Waals surface area contributed by atoms with E-state index in [0.717, 1.165) is 18.4 Å².